The van der Waals surface area contributed by atoms with E-state index in [1.54, 1.807) is 35.4 Å². The SMILES string of the molecule is Cc1ccc(S(=O)(=O)Nc2cccnc2N(C)C)s1. The van der Waals surface area contributed by atoms with Crippen molar-refractivity contribution in [3.8, 4) is 0 Å². The molecule has 0 atom stereocenters. The van der Waals surface area contributed by atoms with Gasteiger partial charge < -0.3 is 4.90 Å². The molecule has 0 aliphatic rings. The van der Waals surface area contributed by atoms with E-state index in [2.05, 4.69) is 9.71 Å². The lowest BCUT2D eigenvalue weighted by Crippen LogP contribution is -2.17. The van der Waals surface area contributed by atoms with E-state index in [-0.39, 0.29) is 0 Å². The van der Waals surface area contributed by atoms with Gasteiger partial charge in [-0.15, -0.1) is 11.3 Å². The average Bonchev–Trinajstić information content (AvgIpc) is 2.76. The highest BCUT2D eigenvalue weighted by atomic mass is 32.2. The minimum absolute atomic E-state index is 0.304. The summed E-state index contributed by atoms with van der Waals surface area (Å²) in [6.45, 7) is 1.87. The van der Waals surface area contributed by atoms with Gasteiger partial charge in [0, 0.05) is 25.2 Å². The van der Waals surface area contributed by atoms with Gasteiger partial charge in [0.15, 0.2) is 5.82 Å². The number of hydrogen-bond donors (Lipinski definition) is 1. The maximum Gasteiger partial charge on any atom is 0.271 e. The summed E-state index contributed by atoms with van der Waals surface area (Å²) in [4.78, 5) is 6.88. The van der Waals surface area contributed by atoms with Gasteiger partial charge in [-0.1, -0.05) is 0 Å². The van der Waals surface area contributed by atoms with E-state index in [9.17, 15) is 8.42 Å². The van der Waals surface area contributed by atoms with Gasteiger partial charge in [-0.3, -0.25) is 4.72 Å². The number of aromatic nitrogens is 1. The van der Waals surface area contributed by atoms with Crippen LogP contribution in [0.15, 0.2) is 34.7 Å². The lowest BCUT2D eigenvalue weighted by atomic mass is 10.4. The Kier molecular flexibility index (Phi) is 3.77. The first-order chi connectivity index (χ1) is 8.90. The van der Waals surface area contributed by atoms with Crippen LogP contribution in [0.1, 0.15) is 4.88 Å². The van der Waals surface area contributed by atoms with Crippen molar-refractivity contribution in [3.63, 3.8) is 0 Å². The molecule has 2 aromatic heterocycles. The lowest BCUT2D eigenvalue weighted by Gasteiger charge is -2.16. The molecule has 0 radical (unpaired) electrons. The summed E-state index contributed by atoms with van der Waals surface area (Å²) in [6, 6.07) is 6.79. The highest BCUT2D eigenvalue weighted by Crippen LogP contribution is 2.27. The predicted molar refractivity (Wildman–Crippen MR) is 78.4 cm³/mol. The van der Waals surface area contributed by atoms with Crippen molar-refractivity contribution in [3.05, 3.63) is 35.3 Å². The average molecular weight is 297 g/mol. The van der Waals surface area contributed by atoms with E-state index in [0.717, 1.165) is 4.88 Å². The highest BCUT2D eigenvalue weighted by molar-refractivity contribution is 7.94. The van der Waals surface area contributed by atoms with E-state index in [4.69, 9.17) is 0 Å². The summed E-state index contributed by atoms with van der Waals surface area (Å²) in [5, 5.41) is 0. The van der Waals surface area contributed by atoms with E-state index in [0.29, 0.717) is 15.7 Å². The zero-order chi connectivity index (χ0) is 14.0. The predicted octanol–water partition coefficient (Wildman–Crippen LogP) is 2.32. The summed E-state index contributed by atoms with van der Waals surface area (Å²) < 4.78 is 27.4. The maximum atomic E-state index is 12.2. The number of sulfonamides is 1. The minimum Gasteiger partial charge on any atom is -0.361 e. The fourth-order valence-corrected chi connectivity index (χ4v) is 3.93. The van der Waals surface area contributed by atoms with Crippen LogP contribution < -0.4 is 9.62 Å². The third-order valence-electron chi connectivity index (χ3n) is 2.44. The van der Waals surface area contributed by atoms with E-state index in [1.807, 2.05) is 21.0 Å². The number of aryl methyl sites for hydroxylation is 1. The van der Waals surface area contributed by atoms with Gasteiger partial charge in [0.2, 0.25) is 0 Å². The molecule has 0 amide bonds. The molecule has 0 unspecified atom stereocenters. The number of pyridine rings is 1. The third-order valence-corrected chi connectivity index (χ3v) is 5.29. The van der Waals surface area contributed by atoms with Crippen LogP contribution >= 0.6 is 11.3 Å². The Hall–Kier alpha value is -1.60. The molecule has 5 nitrogen and oxygen atoms in total. The van der Waals surface area contributed by atoms with Crippen molar-refractivity contribution in [2.24, 2.45) is 0 Å². The molecule has 0 saturated carbocycles. The topological polar surface area (TPSA) is 62.3 Å². The van der Waals surface area contributed by atoms with Crippen LogP contribution in [0.3, 0.4) is 0 Å². The molecule has 2 aromatic rings. The van der Waals surface area contributed by atoms with Gasteiger partial charge in [-0.2, -0.15) is 0 Å². The Morgan fingerprint density at radius 1 is 1.26 bits per heavy atom. The molecular weight excluding hydrogens is 282 g/mol. The number of nitrogens with one attached hydrogen (secondary N) is 1. The lowest BCUT2D eigenvalue weighted by molar-refractivity contribution is 0.603. The Bertz CT molecular complexity index is 678. The number of anilines is 2. The quantitative estimate of drug-likeness (QED) is 0.940. The van der Waals surface area contributed by atoms with Crippen molar-refractivity contribution >= 4 is 32.9 Å². The van der Waals surface area contributed by atoms with E-state index in [1.165, 1.54) is 11.3 Å². The molecule has 0 fully saturated rings. The minimum atomic E-state index is -3.55. The van der Waals surface area contributed by atoms with Crippen molar-refractivity contribution in [2.45, 2.75) is 11.1 Å². The standard InChI is InChI=1S/C12H15N3O2S2/c1-9-6-7-11(18-9)19(16,17)14-10-5-4-8-13-12(10)15(2)3/h4-8,14H,1-3H3. The molecule has 19 heavy (non-hydrogen) atoms. The second kappa shape index (κ2) is 5.18. The largest absolute Gasteiger partial charge is 0.361 e. The molecule has 0 bridgehead atoms. The van der Waals surface area contributed by atoms with Gasteiger partial charge in [-0.05, 0) is 31.2 Å². The number of nitrogens with zero attached hydrogens (tertiary/aromatic N) is 2. The van der Waals surface area contributed by atoms with Crippen LogP contribution in [0.25, 0.3) is 0 Å². The van der Waals surface area contributed by atoms with Crippen molar-refractivity contribution in [2.75, 3.05) is 23.7 Å². The zero-order valence-electron chi connectivity index (χ0n) is 10.9. The van der Waals surface area contributed by atoms with Crippen molar-refractivity contribution < 1.29 is 8.42 Å². The van der Waals surface area contributed by atoms with Crippen LogP contribution in [0.2, 0.25) is 0 Å². The number of rotatable bonds is 4. The normalized spacial score (nSPS) is 11.3. The molecule has 0 aliphatic heterocycles. The molecule has 102 valence electrons. The molecule has 0 aliphatic carbocycles. The van der Waals surface area contributed by atoms with Crippen LogP contribution in [0.5, 0.6) is 0 Å². The highest BCUT2D eigenvalue weighted by Gasteiger charge is 2.18. The first-order valence-corrected chi connectivity index (χ1v) is 7.92. The summed E-state index contributed by atoms with van der Waals surface area (Å²) >= 11 is 1.24. The monoisotopic (exact) mass is 297 g/mol. The summed E-state index contributed by atoms with van der Waals surface area (Å²) in [5.74, 6) is 0.583. The fourth-order valence-electron chi connectivity index (χ4n) is 1.58. The molecule has 0 aromatic carbocycles. The maximum absolute atomic E-state index is 12.2. The first-order valence-electron chi connectivity index (χ1n) is 5.62. The van der Waals surface area contributed by atoms with Crippen molar-refractivity contribution in [1.29, 1.82) is 0 Å². The van der Waals surface area contributed by atoms with Crippen molar-refractivity contribution in [1.82, 2.24) is 4.98 Å². The molecule has 7 heteroatoms. The Morgan fingerprint density at radius 3 is 2.58 bits per heavy atom. The molecule has 1 N–H and O–H groups in total. The van der Waals surface area contributed by atoms with Gasteiger partial charge in [-0.25, -0.2) is 13.4 Å². The molecule has 0 spiro atoms. The molecule has 2 heterocycles. The summed E-state index contributed by atoms with van der Waals surface area (Å²) in [5.41, 5.74) is 0.471. The number of hydrogen-bond acceptors (Lipinski definition) is 5. The third kappa shape index (κ3) is 3.05. The summed E-state index contributed by atoms with van der Waals surface area (Å²) in [7, 11) is 0.0831. The molecular formula is C12H15N3O2S2. The van der Waals surface area contributed by atoms with Crippen LogP contribution in [0.4, 0.5) is 11.5 Å². The van der Waals surface area contributed by atoms with Crippen LogP contribution in [-0.4, -0.2) is 27.5 Å². The van der Waals surface area contributed by atoms with Gasteiger partial charge in [0.1, 0.15) is 4.21 Å². The molecule has 2 rings (SSSR count). The number of thiophene rings is 1. The Balaban J connectivity index is 2.36. The Morgan fingerprint density at radius 2 is 2.00 bits per heavy atom. The van der Waals surface area contributed by atoms with E-state index >= 15 is 0 Å². The first kappa shape index (κ1) is 13.8. The second-order valence-corrected chi connectivity index (χ2v) is 7.44. The smallest absolute Gasteiger partial charge is 0.271 e. The van der Waals surface area contributed by atoms with E-state index < -0.39 is 10.0 Å². The van der Waals surface area contributed by atoms with Crippen LogP contribution in [0, 0.1) is 6.92 Å². The van der Waals surface area contributed by atoms with Gasteiger partial charge in [0.05, 0.1) is 5.69 Å². The van der Waals surface area contributed by atoms with Gasteiger partial charge in [0.25, 0.3) is 10.0 Å². The molecule has 0 saturated heterocycles. The second-order valence-electron chi connectivity index (χ2n) is 4.24. The summed E-state index contributed by atoms with van der Waals surface area (Å²) in [6.07, 6.45) is 1.63. The Labute approximate surface area is 117 Å². The van der Waals surface area contributed by atoms with Gasteiger partial charge >= 0.3 is 0 Å². The van der Waals surface area contributed by atoms with Crippen LogP contribution in [-0.2, 0) is 10.0 Å². The fraction of sp³-hybridized carbons (Fsp3) is 0.250. The zero-order valence-corrected chi connectivity index (χ0v) is 12.5.